The van der Waals surface area contributed by atoms with Crippen LogP contribution in [0.2, 0.25) is 0 Å². The topological polar surface area (TPSA) is 47.3 Å². The summed E-state index contributed by atoms with van der Waals surface area (Å²) in [6, 6.07) is 8.30. The van der Waals surface area contributed by atoms with Crippen LogP contribution < -0.4 is 15.8 Å². The predicted octanol–water partition coefficient (Wildman–Crippen LogP) is 1.71. The number of hydrogen-bond donors (Lipinski definition) is 2. The summed E-state index contributed by atoms with van der Waals surface area (Å²) in [6.07, 6.45) is 4.73. The third-order valence-electron chi connectivity index (χ3n) is 3.67. The Kier molecular flexibility index (Phi) is 4.02. The van der Waals surface area contributed by atoms with E-state index in [4.69, 9.17) is 10.5 Å². The largest absolute Gasteiger partial charge is 0.497 e. The van der Waals surface area contributed by atoms with Crippen molar-refractivity contribution in [3.05, 3.63) is 29.8 Å². The summed E-state index contributed by atoms with van der Waals surface area (Å²) in [5.74, 6) is 0.909. The van der Waals surface area contributed by atoms with E-state index >= 15 is 0 Å². The van der Waals surface area contributed by atoms with Gasteiger partial charge >= 0.3 is 0 Å². The Bertz CT molecular complexity index is 342. The van der Waals surface area contributed by atoms with Gasteiger partial charge in [-0.15, -0.1) is 0 Å². The van der Waals surface area contributed by atoms with Gasteiger partial charge < -0.3 is 15.8 Å². The number of ether oxygens (including phenoxy) is 1. The lowest BCUT2D eigenvalue weighted by atomic mass is 9.83. The van der Waals surface area contributed by atoms with Crippen molar-refractivity contribution in [2.24, 2.45) is 5.73 Å². The summed E-state index contributed by atoms with van der Waals surface area (Å²) in [5, 5.41) is 3.60. The maximum atomic E-state index is 5.95. The molecule has 1 aliphatic rings. The van der Waals surface area contributed by atoms with Crippen LogP contribution in [-0.4, -0.2) is 25.7 Å². The number of benzene rings is 1. The highest BCUT2D eigenvalue weighted by Gasteiger charge is 2.30. The van der Waals surface area contributed by atoms with E-state index in [1.54, 1.807) is 7.11 Å². The molecule has 1 aliphatic heterocycles. The molecule has 3 N–H and O–H groups in total. The molecule has 1 aromatic carbocycles. The highest BCUT2D eigenvalue weighted by atomic mass is 16.5. The van der Waals surface area contributed by atoms with E-state index in [-0.39, 0.29) is 5.54 Å². The van der Waals surface area contributed by atoms with Gasteiger partial charge in [0, 0.05) is 12.1 Å². The molecule has 17 heavy (non-hydrogen) atoms. The minimum absolute atomic E-state index is 0.104. The lowest BCUT2D eigenvalue weighted by Gasteiger charge is -2.37. The van der Waals surface area contributed by atoms with Crippen LogP contribution in [0.5, 0.6) is 5.75 Å². The van der Waals surface area contributed by atoms with Crippen molar-refractivity contribution < 1.29 is 4.74 Å². The molecule has 94 valence electrons. The quantitative estimate of drug-likeness (QED) is 0.833. The zero-order chi connectivity index (χ0) is 12.1. The standard InChI is InChI=1S/C14H22N2O/c1-17-13-6-4-12(5-7-13)10-14(11-15)8-2-3-9-16-14/h4-7,16H,2-3,8-11,15H2,1H3. The van der Waals surface area contributed by atoms with Gasteiger partial charge in [0.15, 0.2) is 0 Å². The Labute approximate surface area is 103 Å². The highest BCUT2D eigenvalue weighted by molar-refractivity contribution is 5.28. The predicted molar refractivity (Wildman–Crippen MR) is 70.3 cm³/mol. The number of methoxy groups -OCH3 is 1. The summed E-state index contributed by atoms with van der Waals surface area (Å²) in [5.41, 5.74) is 7.38. The van der Waals surface area contributed by atoms with Crippen LogP contribution in [0.1, 0.15) is 24.8 Å². The molecule has 0 bridgehead atoms. The van der Waals surface area contributed by atoms with Crippen LogP contribution in [0.4, 0.5) is 0 Å². The van der Waals surface area contributed by atoms with Gasteiger partial charge in [-0.2, -0.15) is 0 Å². The van der Waals surface area contributed by atoms with Gasteiger partial charge in [0.05, 0.1) is 7.11 Å². The summed E-state index contributed by atoms with van der Waals surface area (Å²) in [6.45, 7) is 1.80. The van der Waals surface area contributed by atoms with E-state index in [0.717, 1.165) is 18.7 Å². The first-order valence-electron chi connectivity index (χ1n) is 6.36. The average Bonchev–Trinajstić information content (AvgIpc) is 2.41. The molecule has 2 rings (SSSR count). The summed E-state index contributed by atoms with van der Waals surface area (Å²) >= 11 is 0. The highest BCUT2D eigenvalue weighted by Crippen LogP contribution is 2.24. The third kappa shape index (κ3) is 2.99. The van der Waals surface area contributed by atoms with Crippen molar-refractivity contribution in [2.45, 2.75) is 31.2 Å². The van der Waals surface area contributed by atoms with Gasteiger partial charge in [-0.1, -0.05) is 18.6 Å². The van der Waals surface area contributed by atoms with Crippen molar-refractivity contribution in [1.29, 1.82) is 0 Å². The van der Waals surface area contributed by atoms with Crippen molar-refractivity contribution in [3.63, 3.8) is 0 Å². The Morgan fingerprint density at radius 3 is 2.59 bits per heavy atom. The molecule has 0 saturated carbocycles. The Hall–Kier alpha value is -1.06. The summed E-state index contributed by atoms with van der Waals surface area (Å²) < 4.78 is 5.17. The molecular weight excluding hydrogens is 212 g/mol. The Balaban J connectivity index is 2.06. The molecule has 1 fully saturated rings. The van der Waals surface area contributed by atoms with Gasteiger partial charge in [-0.3, -0.25) is 0 Å². The first-order valence-corrected chi connectivity index (χ1v) is 6.36. The van der Waals surface area contributed by atoms with E-state index in [1.807, 2.05) is 12.1 Å². The van der Waals surface area contributed by atoms with Gasteiger partial charge in [0.25, 0.3) is 0 Å². The normalized spacial score (nSPS) is 24.6. The van der Waals surface area contributed by atoms with Crippen LogP contribution >= 0.6 is 0 Å². The molecule has 3 nitrogen and oxygen atoms in total. The third-order valence-corrected chi connectivity index (χ3v) is 3.67. The number of piperidine rings is 1. The summed E-state index contributed by atoms with van der Waals surface area (Å²) in [7, 11) is 1.69. The minimum Gasteiger partial charge on any atom is -0.497 e. The molecule has 0 aliphatic carbocycles. The van der Waals surface area contributed by atoms with Crippen LogP contribution in [0.3, 0.4) is 0 Å². The molecule has 0 radical (unpaired) electrons. The van der Waals surface area contributed by atoms with Crippen LogP contribution in [0.25, 0.3) is 0 Å². The van der Waals surface area contributed by atoms with E-state index in [0.29, 0.717) is 6.54 Å². The minimum atomic E-state index is 0.104. The fourth-order valence-corrected chi connectivity index (χ4v) is 2.56. The van der Waals surface area contributed by atoms with Crippen molar-refractivity contribution in [2.75, 3.05) is 20.2 Å². The van der Waals surface area contributed by atoms with E-state index in [9.17, 15) is 0 Å². The molecule has 1 heterocycles. The second-order valence-corrected chi connectivity index (χ2v) is 4.89. The van der Waals surface area contributed by atoms with Gasteiger partial charge in [0.2, 0.25) is 0 Å². The van der Waals surface area contributed by atoms with Crippen LogP contribution in [-0.2, 0) is 6.42 Å². The van der Waals surface area contributed by atoms with E-state index < -0.39 is 0 Å². The molecule has 0 amide bonds. The Morgan fingerprint density at radius 2 is 2.06 bits per heavy atom. The fourth-order valence-electron chi connectivity index (χ4n) is 2.56. The van der Waals surface area contributed by atoms with Gasteiger partial charge in [-0.05, 0) is 43.5 Å². The maximum absolute atomic E-state index is 5.95. The van der Waals surface area contributed by atoms with Crippen molar-refractivity contribution >= 4 is 0 Å². The van der Waals surface area contributed by atoms with Gasteiger partial charge in [0.1, 0.15) is 5.75 Å². The first kappa shape index (κ1) is 12.4. The smallest absolute Gasteiger partial charge is 0.118 e. The van der Waals surface area contributed by atoms with E-state index in [2.05, 4.69) is 17.4 Å². The fraction of sp³-hybridized carbons (Fsp3) is 0.571. The molecule has 1 unspecified atom stereocenters. The molecule has 1 saturated heterocycles. The molecule has 1 atom stereocenters. The average molecular weight is 234 g/mol. The van der Waals surface area contributed by atoms with Crippen molar-refractivity contribution in [3.8, 4) is 5.75 Å². The van der Waals surface area contributed by atoms with Crippen LogP contribution in [0, 0.1) is 0 Å². The number of rotatable bonds is 4. The number of nitrogens with two attached hydrogens (primary N) is 1. The Morgan fingerprint density at radius 1 is 1.29 bits per heavy atom. The molecule has 0 aromatic heterocycles. The lowest BCUT2D eigenvalue weighted by Crippen LogP contribution is -2.55. The number of hydrogen-bond acceptors (Lipinski definition) is 3. The molecular formula is C14H22N2O. The summed E-state index contributed by atoms with van der Waals surface area (Å²) in [4.78, 5) is 0. The first-order chi connectivity index (χ1) is 8.28. The van der Waals surface area contributed by atoms with E-state index in [1.165, 1.54) is 24.8 Å². The second kappa shape index (κ2) is 5.52. The monoisotopic (exact) mass is 234 g/mol. The zero-order valence-electron chi connectivity index (χ0n) is 10.5. The number of nitrogens with one attached hydrogen (secondary N) is 1. The zero-order valence-corrected chi connectivity index (χ0v) is 10.5. The lowest BCUT2D eigenvalue weighted by molar-refractivity contribution is 0.259. The van der Waals surface area contributed by atoms with Gasteiger partial charge in [-0.25, -0.2) is 0 Å². The molecule has 0 spiro atoms. The molecule has 1 aromatic rings. The second-order valence-electron chi connectivity index (χ2n) is 4.89. The maximum Gasteiger partial charge on any atom is 0.118 e. The van der Waals surface area contributed by atoms with Crippen LogP contribution in [0.15, 0.2) is 24.3 Å². The van der Waals surface area contributed by atoms with Crippen molar-refractivity contribution in [1.82, 2.24) is 5.32 Å². The molecule has 3 heteroatoms. The SMILES string of the molecule is COc1ccc(CC2(CN)CCCCN2)cc1.